The van der Waals surface area contributed by atoms with Gasteiger partial charge < -0.3 is 5.32 Å². The van der Waals surface area contributed by atoms with Crippen LogP contribution in [0, 0.1) is 18.6 Å². The number of aryl methyl sites for hydroxylation is 1. The maximum Gasteiger partial charge on any atom is 0.265 e. The molecule has 0 fully saturated rings. The van der Waals surface area contributed by atoms with Crippen molar-refractivity contribution >= 4 is 22.9 Å². The zero-order valence-electron chi connectivity index (χ0n) is 12.3. The molecular weight excluding hydrogens is 316 g/mol. The first-order chi connectivity index (χ1) is 11.0. The molecule has 116 valence electrons. The average Bonchev–Trinajstić information content (AvgIpc) is 3.01. The number of thiophene rings is 1. The van der Waals surface area contributed by atoms with Gasteiger partial charge in [-0.15, -0.1) is 11.3 Å². The topological polar surface area (TPSA) is 29.1 Å². The summed E-state index contributed by atoms with van der Waals surface area (Å²) in [4.78, 5) is 13.7. The fourth-order valence-corrected chi connectivity index (χ4v) is 3.09. The summed E-state index contributed by atoms with van der Waals surface area (Å²) < 4.78 is 26.0. The Morgan fingerprint density at radius 2 is 1.65 bits per heavy atom. The number of hydrogen-bond acceptors (Lipinski definition) is 2. The monoisotopic (exact) mass is 329 g/mol. The van der Waals surface area contributed by atoms with Crippen molar-refractivity contribution < 1.29 is 13.6 Å². The maximum atomic E-state index is 13.1. The maximum absolute atomic E-state index is 13.1. The van der Waals surface area contributed by atoms with Gasteiger partial charge in [-0.3, -0.25) is 4.79 Å². The fourth-order valence-electron chi connectivity index (χ4n) is 2.18. The van der Waals surface area contributed by atoms with E-state index in [0.717, 1.165) is 10.4 Å². The third kappa shape index (κ3) is 3.46. The second-order valence-electron chi connectivity index (χ2n) is 5.08. The Labute approximate surface area is 136 Å². The Morgan fingerprint density at radius 1 is 0.957 bits per heavy atom. The molecule has 0 saturated heterocycles. The van der Waals surface area contributed by atoms with Crippen molar-refractivity contribution in [1.29, 1.82) is 0 Å². The van der Waals surface area contributed by atoms with Gasteiger partial charge in [0.25, 0.3) is 5.91 Å². The van der Waals surface area contributed by atoms with Crippen molar-refractivity contribution in [3.05, 3.63) is 76.7 Å². The molecule has 3 rings (SSSR count). The first-order valence-corrected chi connectivity index (χ1v) is 7.78. The Bertz CT molecular complexity index is 856. The van der Waals surface area contributed by atoms with Gasteiger partial charge in [0.1, 0.15) is 11.6 Å². The zero-order valence-corrected chi connectivity index (χ0v) is 13.1. The van der Waals surface area contributed by atoms with E-state index in [1.807, 2.05) is 6.07 Å². The van der Waals surface area contributed by atoms with Gasteiger partial charge in [-0.05, 0) is 60.5 Å². The van der Waals surface area contributed by atoms with E-state index < -0.39 is 0 Å². The molecule has 0 bridgehead atoms. The second-order valence-corrected chi connectivity index (χ2v) is 6.17. The molecule has 0 saturated carbocycles. The molecule has 0 spiro atoms. The number of benzene rings is 2. The third-order valence-corrected chi connectivity index (χ3v) is 4.53. The standard InChI is InChI=1S/C18H13F2NOS/c1-11-10-14(20)6-7-15(11)21-18(22)17-9-8-16(23-17)12-2-4-13(19)5-3-12/h2-10H,1H3,(H,21,22). The van der Waals surface area contributed by atoms with Gasteiger partial charge in [0.15, 0.2) is 0 Å². The zero-order chi connectivity index (χ0) is 16.4. The van der Waals surface area contributed by atoms with Gasteiger partial charge in [0.2, 0.25) is 0 Å². The smallest absolute Gasteiger partial charge is 0.265 e. The molecule has 23 heavy (non-hydrogen) atoms. The molecular formula is C18H13F2NOS. The van der Waals surface area contributed by atoms with Crippen molar-refractivity contribution in [2.24, 2.45) is 0 Å². The van der Waals surface area contributed by atoms with Crippen LogP contribution in [0.1, 0.15) is 15.2 Å². The molecule has 5 heteroatoms. The quantitative estimate of drug-likeness (QED) is 0.698. The molecule has 0 atom stereocenters. The van der Waals surface area contributed by atoms with Gasteiger partial charge in [-0.25, -0.2) is 8.78 Å². The number of rotatable bonds is 3. The normalized spacial score (nSPS) is 10.6. The lowest BCUT2D eigenvalue weighted by molar-refractivity contribution is 0.103. The third-order valence-electron chi connectivity index (χ3n) is 3.40. The Kier molecular flexibility index (Phi) is 4.21. The molecule has 0 aliphatic rings. The summed E-state index contributed by atoms with van der Waals surface area (Å²) in [5.74, 6) is -0.886. The summed E-state index contributed by atoms with van der Waals surface area (Å²) in [6.07, 6.45) is 0. The van der Waals surface area contributed by atoms with Crippen LogP contribution in [0.3, 0.4) is 0 Å². The van der Waals surface area contributed by atoms with Crippen molar-refractivity contribution in [2.75, 3.05) is 5.32 Å². The van der Waals surface area contributed by atoms with E-state index in [2.05, 4.69) is 5.32 Å². The highest BCUT2D eigenvalue weighted by Gasteiger charge is 2.12. The van der Waals surface area contributed by atoms with Gasteiger partial charge in [-0.2, -0.15) is 0 Å². The number of nitrogens with one attached hydrogen (secondary N) is 1. The van der Waals surface area contributed by atoms with Crippen LogP contribution in [0.5, 0.6) is 0 Å². The van der Waals surface area contributed by atoms with Crippen molar-refractivity contribution in [2.45, 2.75) is 6.92 Å². The molecule has 1 aromatic heterocycles. The van der Waals surface area contributed by atoms with Gasteiger partial charge >= 0.3 is 0 Å². The van der Waals surface area contributed by atoms with E-state index in [9.17, 15) is 13.6 Å². The summed E-state index contributed by atoms with van der Waals surface area (Å²) in [5.41, 5.74) is 2.09. The Balaban J connectivity index is 1.79. The number of halogens is 2. The summed E-state index contributed by atoms with van der Waals surface area (Å²) in [5, 5.41) is 2.77. The summed E-state index contributed by atoms with van der Waals surface area (Å²) in [7, 11) is 0. The first kappa shape index (κ1) is 15.4. The Hall–Kier alpha value is -2.53. The van der Waals surface area contributed by atoms with E-state index in [0.29, 0.717) is 16.1 Å². The highest BCUT2D eigenvalue weighted by Crippen LogP contribution is 2.29. The summed E-state index contributed by atoms with van der Waals surface area (Å²) in [6.45, 7) is 1.73. The molecule has 1 N–H and O–H groups in total. The van der Waals surface area contributed by atoms with Crippen LogP contribution in [0.25, 0.3) is 10.4 Å². The van der Waals surface area contributed by atoms with Crippen molar-refractivity contribution in [3.63, 3.8) is 0 Å². The second kappa shape index (κ2) is 6.30. The van der Waals surface area contributed by atoms with E-state index >= 15 is 0 Å². The molecule has 0 radical (unpaired) electrons. The fraction of sp³-hybridized carbons (Fsp3) is 0.0556. The predicted octanol–water partition coefficient (Wildman–Crippen LogP) is 5.25. The summed E-state index contributed by atoms with van der Waals surface area (Å²) in [6, 6.07) is 13.9. The Morgan fingerprint density at radius 3 is 2.35 bits per heavy atom. The number of anilines is 1. The highest BCUT2D eigenvalue weighted by molar-refractivity contribution is 7.17. The minimum atomic E-state index is -0.338. The molecule has 0 aliphatic carbocycles. The molecule has 0 aliphatic heterocycles. The molecule has 2 aromatic carbocycles. The number of carbonyl (C=O) groups is 1. The van der Waals surface area contributed by atoms with Crippen LogP contribution in [0.4, 0.5) is 14.5 Å². The van der Waals surface area contributed by atoms with E-state index in [4.69, 9.17) is 0 Å². The number of hydrogen-bond donors (Lipinski definition) is 1. The van der Waals surface area contributed by atoms with Crippen LogP contribution in [-0.4, -0.2) is 5.91 Å². The molecule has 3 aromatic rings. The van der Waals surface area contributed by atoms with Crippen LogP contribution in [-0.2, 0) is 0 Å². The first-order valence-electron chi connectivity index (χ1n) is 6.96. The summed E-state index contributed by atoms with van der Waals surface area (Å²) >= 11 is 1.32. The van der Waals surface area contributed by atoms with Crippen LogP contribution < -0.4 is 5.32 Å². The lowest BCUT2D eigenvalue weighted by Crippen LogP contribution is -2.11. The van der Waals surface area contributed by atoms with Crippen LogP contribution in [0.15, 0.2) is 54.6 Å². The van der Waals surface area contributed by atoms with E-state index in [-0.39, 0.29) is 17.5 Å². The van der Waals surface area contributed by atoms with E-state index in [1.54, 1.807) is 25.1 Å². The highest BCUT2D eigenvalue weighted by atomic mass is 32.1. The molecule has 2 nitrogen and oxygen atoms in total. The van der Waals surface area contributed by atoms with Gasteiger partial charge in [0.05, 0.1) is 4.88 Å². The minimum Gasteiger partial charge on any atom is -0.321 e. The minimum absolute atomic E-state index is 0.252. The van der Waals surface area contributed by atoms with Gasteiger partial charge in [0, 0.05) is 10.6 Å². The largest absolute Gasteiger partial charge is 0.321 e. The predicted molar refractivity (Wildman–Crippen MR) is 88.8 cm³/mol. The molecule has 0 unspecified atom stereocenters. The van der Waals surface area contributed by atoms with Crippen LogP contribution in [0.2, 0.25) is 0 Å². The van der Waals surface area contributed by atoms with Crippen molar-refractivity contribution in [1.82, 2.24) is 0 Å². The van der Waals surface area contributed by atoms with Crippen LogP contribution >= 0.6 is 11.3 Å². The lowest BCUT2D eigenvalue weighted by atomic mass is 10.2. The SMILES string of the molecule is Cc1cc(F)ccc1NC(=O)c1ccc(-c2ccc(F)cc2)s1. The lowest BCUT2D eigenvalue weighted by Gasteiger charge is -2.07. The molecule has 1 heterocycles. The number of amides is 1. The van der Waals surface area contributed by atoms with E-state index in [1.165, 1.54) is 41.7 Å². The van der Waals surface area contributed by atoms with Gasteiger partial charge in [-0.1, -0.05) is 12.1 Å². The van der Waals surface area contributed by atoms with Crippen molar-refractivity contribution in [3.8, 4) is 10.4 Å². The molecule has 1 amide bonds. The average molecular weight is 329 g/mol. The number of carbonyl (C=O) groups excluding carboxylic acids is 1.